The summed E-state index contributed by atoms with van der Waals surface area (Å²) in [5.41, 5.74) is 2.91. The molecule has 6 nitrogen and oxygen atoms in total. The Bertz CT molecular complexity index is 823. The minimum atomic E-state index is 0.0101. The number of amides is 1. The molecule has 0 spiro atoms. The van der Waals surface area contributed by atoms with E-state index in [9.17, 15) is 9.59 Å². The molecule has 25 heavy (non-hydrogen) atoms. The number of hydrogen-bond donors (Lipinski definition) is 0. The predicted octanol–water partition coefficient (Wildman–Crippen LogP) is 1.68. The van der Waals surface area contributed by atoms with Gasteiger partial charge >= 0.3 is 0 Å². The van der Waals surface area contributed by atoms with E-state index in [0.29, 0.717) is 18.0 Å². The van der Waals surface area contributed by atoms with E-state index >= 15 is 0 Å². The first-order valence-electron chi connectivity index (χ1n) is 9.00. The van der Waals surface area contributed by atoms with Crippen LogP contribution in [0.15, 0.2) is 35.4 Å². The number of fused-ring (bicyclic) bond motifs is 1. The first-order valence-corrected chi connectivity index (χ1v) is 9.00. The lowest BCUT2D eigenvalue weighted by molar-refractivity contribution is 0.0680. The molecule has 1 saturated heterocycles. The summed E-state index contributed by atoms with van der Waals surface area (Å²) in [5.74, 6) is 0.458. The highest BCUT2D eigenvalue weighted by Crippen LogP contribution is 2.21. The molecule has 0 radical (unpaired) electrons. The molecule has 0 unspecified atom stereocenters. The summed E-state index contributed by atoms with van der Waals surface area (Å²) in [7, 11) is 0. The number of pyridine rings is 1. The van der Waals surface area contributed by atoms with Gasteiger partial charge in [-0.1, -0.05) is 0 Å². The zero-order valence-electron chi connectivity index (χ0n) is 14.2. The van der Waals surface area contributed by atoms with Crippen LogP contribution in [0.1, 0.15) is 40.9 Å². The normalized spacial score (nSPS) is 17.5. The van der Waals surface area contributed by atoms with E-state index in [4.69, 9.17) is 0 Å². The summed E-state index contributed by atoms with van der Waals surface area (Å²) in [5, 5.41) is 4.57. The molecule has 3 heterocycles. The molecular weight excluding hydrogens is 316 g/mol. The van der Waals surface area contributed by atoms with E-state index in [1.54, 1.807) is 35.3 Å². The highest BCUT2D eigenvalue weighted by Gasteiger charge is 2.25. The smallest absolute Gasteiger partial charge is 0.267 e. The zero-order valence-corrected chi connectivity index (χ0v) is 14.2. The topological polar surface area (TPSA) is 68.1 Å². The van der Waals surface area contributed by atoms with Crippen molar-refractivity contribution in [1.29, 1.82) is 0 Å². The monoisotopic (exact) mass is 338 g/mol. The van der Waals surface area contributed by atoms with Gasteiger partial charge in [-0.3, -0.25) is 14.6 Å². The van der Waals surface area contributed by atoms with E-state index in [1.807, 2.05) is 4.90 Å². The molecule has 4 rings (SSSR count). The second-order valence-electron chi connectivity index (χ2n) is 6.96. The van der Waals surface area contributed by atoms with E-state index in [2.05, 4.69) is 10.1 Å². The van der Waals surface area contributed by atoms with Gasteiger partial charge in [0.2, 0.25) is 0 Å². The van der Waals surface area contributed by atoms with Crippen molar-refractivity contribution in [3.05, 3.63) is 57.8 Å². The van der Waals surface area contributed by atoms with Crippen LogP contribution in [0.25, 0.3) is 0 Å². The van der Waals surface area contributed by atoms with Crippen molar-refractivity contribution in [1.82, 2.24) is 19.7 Å². The fourth-order valence-electron chi connectivity index (χ4n) is 3.81. The summed E-state index contributed by atoms with van der Waals surface area (Å²) in [6.07, 6.45) is 8.16. The summed E-state index contributed by atoms with van der Waals surface area (Å²) >= 11 is 0. The van der Waals surface area contributed by atoms with Crippen LogP contribution in [0.5, 0.6) is 0 Å². The Kier molecular flexibility index (Phi) is 4.34. The van der Waals surface area contributed by atoms with Crippen LogP contribution >= 0.6 is 0 Å². The molecule has 2 aromatic rings. The van der Waals surface area contributed by atoms with Crippen molar-refractivity contribution in [2.45, 2.75) is 38.6 Å². The molecule has 130 valence electrons. The molecule has 0 bridgehead atoms. The van der Waals surface area contributed by atoms with Gasteiger partial charge < -0.3 is 4.90 Å². The van der Waals surface area contributed by atoms with Crippen molar-refractivity contribution in [2.24, 2.45) is 5.92 Å². The van der Waals surface area contributed by atoms with Gasteiger partial charge in [0.1, 0.15) is 0 Å². The number of piperidine rings is 1. The Morgan fingerprint density at radius 3 is 2.68 bits per heavy atom. The lowest BCUT2D eigenvalue weighted by Crippen LogP contribution is -2.40. The minimum absolute atomic E-state index is 0.0101. The third-order valence-electron chi connectivity index (χ3n) is 5.28. The van der Waals surface area contributed by atoms with Crippen LogP contribution in [0.4, 0.5) is 0 Å². The number of likely N-dealkylation sites (tertiary alicyclic amines) is 1. The van der Waals surface area contributed by atoms with Gasteiger partial charge in [-0.05, 0) is 55.7 Å². The van der Waals surface area contributed by atoms with E-state index < -0.39 is 0 Å². The number of carbonyl (C=O) groups excluding carboxylic acids is 1. The second kappa shape index (κ2) is 6.78. The Morgan fingerprint density at radius 1 is 1.16 bits per heavy atom. The van der Waals surface area contributed by atoms with Crippen molar-refractivity contribution in [2.75, 3.05) is 13.1 Å². The third kappa shape index (κ3) is 3.34. The second-order valence-corrected chi connectivity index (χ2v) is 6.96. The van der Waals surface area contributed by atoms with Crippen LogP contribution in [-0.4, -0.2) is 38.7 Å². The molecular formula is C19H22N4O2. The Labute approximate surface area is 146 Å². The van der Waals surface area contributed by atoms with Crippen LogP contribution in [-0.2, 0) is 19.4 Å². The van der Waals surface area contributed by atoms with Crippen LogP contribution in [0, 0.1) is 5.92 Å². The molecule has 1 amide bonds. The van der Waals surface area contributed by atoms with Gasteiger partial charge in [0.15, 0.2) is 0 Å². The number of aromatic nitrogens is 3. The number of aryl methyl sites for hydroxylation is 2. The van der Waals surface area contributed by atoms with Gasteiger partial charge in [-0.2, -0.15) is 5.10 Å². The van der Waals surface area contributed by atoms with Crippen LogP contribution < -0.4 is 5.56 Å². The van der Waals surface area contributed by atoms with Gasteiger partial charge in [-0.25, -0.2) is 4.68 Å². The van der Waals surface area contributed by atoms with Gasteiger partial charge in [0, 0.05) is 43.7 Å². The summed E-state index contributed by atoms with van der Waals surface area (Å²) in [6.45, 7) is 2.11. The highest BCUT2D eigenvalue weighted by atomic mass is 16.2. The molecule has 0 saturated carbocycles. The predicted molar refractivity (Wildman–Crippen MR) is 93.4 cm³/mol. The summed E-state index contributed by atoms with van der Waals surface area (Å²) in [4.78, 5) is 30.6. The van der Waals surface area contributed by atoms with Gasteiger partial charge in [0.25, 0.3) is 11.5 Å². The van der Waals surface area contributed by atoms with Gasteiger partial charge in [0.05, 0.1) is 5.69 Å². The Hall–Kier alpha value is -2.50. The maximum Gasteiger partial charge on any atom is 0.267 e. The SMILES string of the molecule is O=C(c1ccncc1)N1CCC(Cn2nc3c(cc2=O)CCC3)CC1. The standard InChI is InChI=1S/C19H22N4O2/c24-18-12-16-2-1-3-17(16)21-23(18)13-14-6-10-22(11-7-14)19(25)15-4-8-20-9-5-15/h4-5,8-9,12,14H,1-3,6-7,10-11,13H2. The number of nitrogens with zero attached hydrogens (tertiary/aromatic N) is 4. The first-order chi connectivity index (χ1) is 12.2. The Balaban J connectivity index is 1.38. The molecule has 1 fully saturated rings. The number of carbonyl (C=O) groups is 1. The lowest BCUT2D eigenvalue weighted by Gasteiger charge is -2.32. The fourth-order valence-corrected chi connectivity index (χ4v) is 3.81. The fraction of sp³-hybridized carbons (Fsp3) is 0.474. The van der Waals surface area contributed by atoms with Gasteiger partial charge in [-0.15, -0.1) is 0 Å². The highest BCUT2D eigenvalue weighted by molar-refractivity contribution is 5.94. The maximum absolute atomic E-state index is 12.5. The molecule has 0 N–H and O–H groups in total. The van der Waals surface area contributed by atoms with E-state index in [1.165, 1.54) is 0 Å². The molecule has 1 aliphatic heterocycles. The quantitative estimate of drug-likeness (QED) is 0.854. The molecule has 0 aromatic carbocycles. The molecule has 1 aliphatic carbocycles. The van der Waals surface area contributed by atoms with Crippen molar-refractivity contribution in [3.8, 4) is 0 Å². The molecule has 0 atom stereocenters. The molecule has 2 aliphatic rings. The third-order valence-corrected chi connectivity index (χ3v) is 5.28. The van der Waals surface area contributed by atoms with Crippen molar-refractivity contribution < 1.29 is 4.79 Å². The average molecular weight is 338 g/mol. The molecule has 6 heteroatoms. The van der Waals surface area contributed by atoms with Crippen molar-refractivity contribution >= 4 is 5.91 Å². The average Bonchev–Trinajstić information content (AvgIpc) is 3.10. The largest absolute Gasteiger partial charge is 0.339 e. The minimum Gasteiger partial charge on any atom is -0.339 e. The van der Waals surface area contributed by atoms with Crippen molar-refractivity contribution in [3.63, 3.8) is 0 Å². The van der Waals surface area contributed by atoms with E-state index in [-0.39, 0.29) is 11.5 Å². The summed E-state index contributed by atoms with van der Waals surface area (Å²) < 4.78 is 1.63. The first kappa shape index (κ1) is 16.0. The summed E-state index contributed by atoms with van der Waals surface area (Å²) in [6, 6.07) is 5.27. The Morgan fingerprint density at radius 2 is 1.92 bits per heavy atom. The van der Waals surface area contributed by atoms with Crippen LogP contribution in [0.3, 0.4) is 0 Å². The zero-order chi connectivity index (χ0) is 17.2. The maximum atomic E-state index is 12.5. The lowest BCUT2D eigenvalue weighted by atomic mass is 9.96. The number of hydrogen-bond acceptors (Lipinski definition) is 4. The molecule has 2 aromatic heterocycles. The van der Waals surface area contributed by atoms with Crippen LogP contribution in [0.2, 0.25) is 0 Å². The van der Waals surface area contributed by atoms with E-state index in [0.717, 1.165) is 56.5 Å². The number of rotatable bonds is 3.